The minimum absolute atomic E-state index is 0.114. The van der Waals surface area contributed by atoms with E-state index < -0.39 is 20.9 Å². The molecule has 0 saturated carbocycles. The van der Waals surface area contributed by atoms with Gasteiger partial charge in [0.1, 0.15) is 11.4 Å². The molecule has 0 aliphatic carbocycles. The maximum Gasteiger partial charge on any atom is 0.353 e. The van der Waals surface area contributed by atoms with Crippen LogP contribution in [0.15, 0.2) is 131 Å². The van der Waals surface area contributed by atoms with Crippen molar-refractivity contribution >= 4 is 67.8 Å². The molecule has 63 heavy (non-hydrogen) atoms. The number of carboxylic acids is 1. The van der Waals surface area contributed by atoms with Gasteiger partial charge in [-0.3, -0.25) is 14.8 Å². The zero-order chi connectivity index (χ0) is 44.8. The van der Waals surface area contributed by atoms with E-state index >= 15 is 0 Å². The Bertz CT molecular complexity index is 2690. The lowest BCUT2D eigenvalue weighted by atomic mass is 9.94. The van der Waals surface area contributed by atoms with Gasteiger partial charge in [-0.15, -0.1) is 11.8 Å². The molecule has 1 aromatic heterocycles. The minimum Gasteiger partial charge on any atom is -0.477 e. The third-order valence-electron chi connectivity index (χ3n) is 11.2. The Morgan fingerprint density at radius 2 is 1.52 bits per heavy atom. The smallest absolute Gasteiger partial charge is 0.353 e. The Morgan fingerprint density at radius 3 is 2.16 bits per heavy atom. The lowest BCUT2D eigenvalue weighted by Crippen LogP contribution is -2.46. The van der Waals surface area contributed by atoms with E-state index in [0.29, 0.717) is 48.2 Å². The average molecular weight is 909 g/mol. The fourth-order valence-electron chi connectivity index (χ4n) is 7.84. The molecule has 13 nitrogen and oxygen atoms in total. The maximum atomic E-state index is 13.6. The lowest BCUT2D eigenvalue weighted by Gasteiger charge is -2.37. The summed E-state index contributed by atoms with van der Waals surface area (Å²) < 4.78 is 31.5. The number of carboxylic acid groups (broad SMARTS) is 1. The SMILES string of the molecule is Cc1c(-c2ccc(Cl)cc2)c(-c2cccc(N3CCN(c4ccc(NS(=O)(=O)c5ccc(N[C@H](CCN(C)C)CSc6ccccc6)c([N+](=O)[O-])c5)cc4)CC3)c2)c(C(=O)O)n1C. The van der Waals surface area contributed by atoms with E-state index in [4.69, 9.17) is 11.6 Å². The number of hydrogen-bond acceptors (Lipinski definition) is 10. The molecular formula is C47H50ClN7O6S2. The Kier molecular flexibility index (Phi) is 14.0. The minimum atomic E-state index is -4.16. The van der Waals surface area contributed by atoms with Gasteiger partial charge >= 0.3 is 5.97 Å². The van der Waals surface area contributed by atoms with Crippen molar-refractivity contribution in [2.75, 3.05) is 72.4 Å². The molecule has 1 aliphatic rings. The molecule has 1 atom stereocenters. The van der Waals surface area contributed by atoms with E-state index in [1.807, 2.05) is 99.9 Å². The quantitative estimate of drug-likeness (QED) is 0.0456. The topological polar surface area (TPSA) is 153 Å². The summed E-state index contributed by atoms with van der Waals surface area (Å²) in [6.45, 7) is 5.48. The molecule has 16 heteroatoms. The van der Waals surface area contributed by atoms with Gasteiger partial charge in [-0.1, -0.05) is 54.1 Å². The number of anilines is 4. The normalized spacial score (nSPS) is 13.6. The van der Waals surface area contributed by atoms with Crippen molar-refractivity contribution in [1.29, 1.82) is 0 Å². The summed E-state index contributed by atoms with van der Waals surface area (Å²) in [5.74, 6) is -0.344. The van der Waals surface area contributed by atoms with Crippen LogP contribution in [0.4, 0.5) is 28.4 Å². The van der Waals surface area contributed by atoms with E-state index in [1.165, 1.54) is 12.1 Å². The summed E-state index contributed by atoms with van der Waals surface area (Å²) in [6.07, 6.45) is 0.726. The highest BCUT2D eigenvalue weighted by molar-refractivity contribution is 7.99. The number of aromatic carboxylic acids is 1. The van der Waals surface area contributed by atoms with Crippen molar-refractivity contribution < 1.29 is 23.2 Å². The van der Waals surface area contributed by atoms with Crippen molar-refractivity contribution in [3.8, 4) is 22.3 Å². The van der Waals surface area contributed by atoms with Crippen LogP contribution in [-0.4, -0.2) is 92.5 Å². The summed E-state index contributed by atoms with van der Waals surface area (Å²) in [7, 11) is 1.55. The highest BCUT2D eigenvalue weighted by atomic mass is 35.5. The molecule has 1 fully saturated rings. The number of rotatable bonds is 17. The number of piperazine rings is 1. The number of halogens is 1. The Balaban J connectivity index is 1.01. The summed E-state index contributed by atoms with van der Waals surface area (Å²) in [5, 5.41) is 26.5. The van der Waals surface area contributed by atoms with Gasteiger partial charge in [-0.25, -0.2) is 13.2 Å². The van der Waals surface area contributed by atoms with Crippen molar-refractivity contribution in [1.82, 2.24) is 9.47 Å². The van der Waals surface area contributed by atoms with Gasteiger partial charge in [0, 0.05) is 94.9 Å². The first-order chi connectivity index (χ1) is 30.2. The standard InChI is InChI=1S/C47H50ClN7O6S2/c1-32-44(33-13-15-35(48)16-14-33)45(46(47(56)57)52(32)4)34-9-8-10-39(29-34)54-27-25-53(26-28-54)38-19-17-36(18-20-38)50-63(60,61)41-21-22-42(43(30-41)55(58)59)49-37(23-24-51(2)3)31-62-40-11-6-5-7-12-40/h5-22,29-30,37,49-50H,23-28,31H2,1-4H3,(H,56,57)/t37-/m1/s1. The van der Waals surface area contributed by atoms with Crippen LogP contribution < -0.4 is 19.8 Å². The molecule has 0 unspecified atom stereocenters. The van der Waals surface area contributed by atoms with Gasteiger partial charge in [0.2, 0.25) is 0 Å². The monoisotopic (exact) mass is 907 g/mol. The number of thioether (sulfide) groups is 1. The van der Waals surface area contributed by atoms with Crippen molar-refractivity contribution in [2.45, 2.75) is 29.2 Å². The van der Waals surface area contributed by atoms with Gasteiger partial charge in [0.15, 0.2) is 0 Å². The second-order valence-electron chi connectivity index (χ2n) is 15.7. The summed E-state index contributed by atoms with van der Waals surface area (Å²) in [6, 6.07) is 36.3. The number of sulfonamides is 1. The molecule has 0 radical (unpaired) electrons. The van der Waals surface area contributed by atoms with Crippen molar-refractivity contribution in [3.63, 3.8) is 0 Å². The zero-order valence-corrected chi connectivity index (χ0v) is 37.9. The molecular weight excluding hydrogens is 858 g/mol. The van der Waals surface area contributed by atoms with Crippen molar-refractivity contribution in [2.24, 2.45) is 7.05 Å². The number of aromatic nitrogens is 1. The first-order valence-electron chi connectivity index (χ1n) is 20.5. The van der Waals surface area contributed by atoms with E-state index in [9.17, 15) is 28.4 Å². The van der Waals surface area contributed by atoms with Crippen LogP contribution in [0.2, 0.25) is 5.02 Å². The molecule has 0 bridgehead atoms. The molecule has 7 rings (SSSR count). The number of nitrogens with zero attached hydrogens (tertiary/aromatic N) is 5. The molecule has 1 aliphatic heterocycles. The Morgan fingerprint density at radius 1 is 0.857 bits per heavy atom. The van der Waals surface area contributed by atoms with Crippen LogP contribution in [0, 0.1) is 17.0 Å². The predicted molar refractivity (Wildman–Crippen MR) is 256 cm³/mol. The summed E-state index contributed by atoms with van der Waals surface area (Å²) in [4.78, 5) is 31.8. The van der Waals surface area contributed by atoms with E-state index in [1.54, 1.807) is 47.6 Å². The van der Waals surface area contributed by atoms with Gasteiger partial charge in [0.05, 0.1) is 9.82 Å². The molecule has 1 saturated heterocycles. The maximum absolute atomic E-state index is 13.6. The van der Waals surface area contributed by atoms with Crippen LogP contribution in [-0.2, 0) is 17.1 Å². The number of benzene rings is 5. The van der Waals surface area contributed by atoms with Crippen LogP contribution in [0.25, 0.3) is 22.3 Å². The van der Waals surface area contributed by atoms with Gasteiger partial charge < -0.3 is 29.7 Å². The van der Waals surface area contributed by atoms with Crippen LogP contribution in [0.3, 0.4) is 0 Å². The fraction of sp³-hybridized carbons (Fsp3) is 0.255. The second kappa shape index (κ2) is 19.6. The molecule has 0 amide bonds. The van der Waals surface area contributed by atoms with Crippen LogP contribution in [0.1, 0.15) is 22.6 Å². The lowest BCUT2D eigenvalue weighted by molar-refractivity contribution is -0.384. The number of nitro groups is 1. The first-order valence-corrected chi connectivity index (χ1v) is 23.3. The number of nitrogens with one attached hydrogen (secondary N) is 2. The van der Waals surface area contributed by atoms with Crippen molar-refractivity contribution in [3.05, 3.63) is 148 Å². The van der Waals surface area contributed by atoms with Crippen LogP contribution in [0.5, 0.6) is 0 Å². The van der Waals surface area contributed by atoms with Crippen LogP contribution >= 0.6 is 23.4 Å². The van der Waals surface area contributed by atoms with Gasteiger partial charge in [0.25, 0.3) is 15.7 Å². The predicted octanol–water partition coefficient (Wildman–Crippen LogP) is 9.58. The van der Waals surface area contributed by atoms with E-state index in [-0.39, 0.29) is 28.0 Å². The summed E-state index contributed by atoms with van der Waals surface area (Å²) in [5.41, 5.74) is 6.41. The summed E-state index contributed by atoms with van der Waals surface area (Å²) >= 11 is 7.85. The third kappa shape index (κ3) is 10.6. The van der Waals surface area contributed by atoms with Gasteiger partial charge in [-0.05, 0) is 118 Å². The number of hydrogen-bond donors (Lipinski definition) is 3. The molecule has 328 valence electrons. The van der Waals surface area contributed by atoms with E-state index in [2.05, 4.69) is 24.7 Å². The second-order valence-corrected chi connectivity index (χ2v) is 18.9. The Labute approximate surface area is 377 Å². The van der Waals surface area contributed by atoms with Gasteiger partial charge in [-0.2, -0.15) is 0 Å². The molecule has 3 N–H and O–H groups in total. The average Bonchev–Trinajstić information content (AvgIpc) is 3.54. The fourth-order valence-corrected chi connectivity index (χ4v) is 10.0. The highest BCUT2D eigenvalue weighted by Crippen LogP contribution is 2.41. The zero-order valence-electron chi connectivity index (χ0n) is 35.5. The largest absolute Gasteiger partial charge is 0.477 e. The van der Waals surface area contributed by atoms with E-state index in [0.717, 1.165) is 57.7 Å². The third-order valence-corrected chi connectivity index (χ3v) is 14.0. The molecule has 2 heterocycles. The number of nitro benzene ring substituents is 1. The highest BCUT2D eigenvalue weighted by Gasteiger charge is 2.27. The molecule has 5 aromatic carbocycles. The molecule has 0 spiro atoms. The molecule has 6 aromatic rings. The first kappa shape index (κ1) is 45.0. The Hall–Kier alpha value is -6.00. The number of carbonyl (C=O) groups is 1.